The normalized spacial score (nSPS) is 22.9. The number of Topliss-reactive ketones (excluding diaryl/α,β-unsaturated/α-hetero) is 1. The van der Waals surface area contributed by atoms with Crippen LogP contribution in [0.5, 0.6) is 0 Å². The largest absolute Gasteiger partial charge is 0.370 e. The van der Waals surface area contributed by atoms with Crippen molar-refractivity contribution in [2.24, 2.45) is 5.92 Å². The molecular formula is C13H24O2. The maximum atomic E-state index is 11.9. The Morgan fingerprint density at radius 1 is 1.47 bits per heavy atom. The molecule has 0 amide bonds. The lowest BCUT2D eigenvalue weighted by Crippen LogP contribution is -2.22. The number of hydrogen-bond donors (Lipinski definition) is 0. The van der Waals surface area contributed by atoms with Crippen molar-refractivity contribution in [3.05, 3.63) is 0 Å². The average molecular weight is 212 g/mol. The molecule has 2 nitrogen and oxygen atoms in total. The average Bonchev–Trinajstić information content (AvgIpc) is 2.77. The summed E-state index contributed by atoms with van der Waals surface area (Å²) in [6.07, 6.45) is 7.47. The van der Waals surface area contributed by atoms with Crippen molar-refractivity contribution in [2.75, 3.05) is 6.61 Å². The van der Waals surface area contributed by atoms with Crippen molar-refractivity contribution in [3.63, 3.8) is 0 Å². The first-order valence-electron chi connectivity index (χ1n) is 6.42. The molecule has 0 bridgehead atoms. The molecule has 1 rings (SSSR count). The van der Waals surface area contributed by atoms with E-state index in [-0.39, 0.29) is 6.10 Å². The molecule has 0 aromatic carbocycles. The standard InChI is InChI=1S/C13H24O2/c1-3-5-7-11(4-2)10-12(14)13-8-6-9-15-13/h11,13H,3-10H2,1-2H3. The highest BCUT2D eigenvalue weighted by atomic mass is 16.5. The van der Waals surface area contributed by atoms with Gasteiger partial charge in [-0.1, -0.05) is 39.5 Å². The van der Waals surface area contributed by atoms with Gasteiger partial charge in [0.1, 0.15) is 6.10 Å². The van der Waals surface area contributed by atoms with E-state index >= 15 is 0 Å². The van der Waals surface area contributed by atoms with Gasteiger partial charge in [-0.05, 0) is 18.8 Å². The monoisotopic (exact) mass is 212 g/mol. The van der Waals surface area contributed by atoms with Crippen molar-refractivity contribution in [3.8, 4) is 0 Å². The van der Waals surface area contributed by atoms with E-state index in [9.17, 15) is 4.79 Å². The molecule has 1 heterocycles. The lowest BCUT2D eigenvalue weighted by Gasteiger charge is -2.15. The third-order valence-electron chi connectivity index (χ3n) is 3.32. The van der Waals surface area contributed by atoms with E-state index in [1.54, 1.807) is 0 Å². The number of ether oxygens (including phenoxy) is 1. The van der Waals surface area contributed by atoms with Gasteiger partial charge in [0.05, 0.1) is 0 Å². The fourth-order valence-corrected chi connectivity index (χ4v) is 2.19. The molecule has 88 valence electrons. The molecule has 0 aromatic heterocycles. The Bertz CT molecular complexity index is 183. The zero-order valence-electron chi connectivity index (χ0n) is 10.1. The molecule has 0 spiro atoms. The van der Waals surface area contributed by atoms with Gasteiger partial charge in [-0.25, -0.2) is 0 Å². The molecule has 0 aliphatic carbocycles. The lowest BCUT2D eigenvalue weighted by atomic mass is 9.92. The predicted molar refractivity (Wildman–Crippen MR) is 61.9 cm³/mol. The fourth-order valence-electron chi connectivity index (χ4n) is 2.19. The zero-order chi connectivity index (χ0) is 11.1. The Kier molecular flexibility index (Phi) is 5.92. The van der Waals surface area contributed by atoms with Gasteiger partial charge in [-0.2, -0.15) is 0 Å². The molecule has 1 saturated heterocycles. The first-order valence-corrected chi connectivity index (χ1v) is 6.42. The topological polar surface area (TPSA) is 26.3 Å². The maximum Gasteiger partial charge on any atom is 0.161 e. The summed E-state index contributed by atoms with van der Waals surface area (Å²) in [5, 5.41) is 0. The van der Waals surface area contributed by atoms with E-state index in [1.165, 1.54) is 19.3 Å². The molecule has 0 saturated carbocycles. The smallest absolute Gasteiger partial charge is 0.161 e. The van der Waals surface area contributed by atoms with Crippen LogP contribution in [0, 0.1) is 5.92 Å². The van der Waals surface area contributed by atoms with Crippen LogP contribution in [0.1, 0.15) is 58.8 Å². The molecule has 0 aromatic rings. The van der Waals surface area contributed by atoms with Gasteiger partial charge >= 0.3 is 0 Å². The number of rotatable bonds is 7. The highest BCUT2D eigenvalue weighted by Crippen LogP contribution is 2.21. The first kappa shape index (κ1) is 12.7. The Labute approximate surface area is 93.4 Å². The molecule has 0 radical (unpaired) electrons. The third kappa shape index (κ3) is 4.33. The van der Waals surface area contributed by atoms with E-state index in [0.29, 0.717) is 11.7 Å². The number of carbonyl (C=O) groups excluding carboxylic acids is 1. The zero-order valence-corrected chi connectivity index (χ0v) is 10.1. The summed E-state index contributed by atoms with van der Waals surface area (Å²) in [6.45, 7) is 5.17. The summed E-state index contributed by atoms with van der Waals surface area (Å²) in [7, 11) is 0. The number of unbranched alkanes of at least 4 members (excludes halogenated alkanes) is 1. The van der Waals surface area contributed by atoms with Gasteiger partial charge in [-0.15, -0.1) is 0 Å². The van der Waals surface area contributed by atoms with Crippen LogP contribution in [-0.2, 0) is 9.53 Å². The van der Waals surface area contributed by atoms with E-state index < -0.39 is 0 Å². The van der Waals surface area contributed by atoms with Crippen LogP contribution in [0.25, 0.3) is 0 Å². The van der Waals surface area contributed by atoms with Crippen LogP contribution >= 0.6 is 0 Å². The van der Waals surface area contributed by atoms with Gasteiger partial charge in [0.25, 0.3) is 0 Å². The second-order valence-electron chi connectivity index (χ2n) is 4.59. The van der Waals surface area contributed by atoms with E-state index in [0.717, 1.165) is 32.3 Å². The van der Waals surface area contributed by atoms with E-state index in [4.69, 9.17) is 4.74 Å². The summed E-state index contributed by atoms with van der Waals surface area (Å²) in [4.78, 5) is 11.9. The number of ketones is 1. The van der Waals surface area contributed by atoms with E-state index in [2.05, 4.69) is 13.8 Å². The van der Waals surface area contributed by atoms with Crippen LogP contribution in [-0.4, -0.2) is 18.5 Å². The molecule has 1 aliphatic rings. The summed E-state index contributed by atoms with van der Waals surface area (Å²) >= 11 is 0. The Balaban J connectivity index is 2.26. The number of carbonyl (C=O) groups is 1. The van der Waals surface area contributed by atoms with Crippen LogP contribution in [0.3, 0.4) is 0 Å². The summed E-state index contributed by atoms with van der Waals surface area (Å²) < 4.78 is 5.42. The first-order chi connectivity index (χ1) is 7.27. The summed E-state index contributed by atoms with van der Waals surface area (Å²) in [5.74, 6) is 0.928. The van der Waals surface area contributed by atoms with Crippen LogP contribution in [0.15, 0.2) is 0 Å². The minimum Gasteiger partial charge on any atom is -0.370 e. The van der Waals surface area contributed by atoms with Crippen molar-refractivity contribution >= 4 is 5.78 Å². The SMILES string of the molecule is CCCCC(CC)CC(=O)C1CCCO1. The highest BCUT2D eigenvalue weighted by Gasteiger charge is 2.25. The molecule has 15 heavy (non-hydrogen) atoms. The Hall–Kier alpha value is -0.370. The summed E-state index contributed by atoms with van der Waals surface area (Å²) in [6, 6.07) is 0. The molecule has 1 aliphatic heterocycles. The van der Waals surface area contributed by atoms with Gasteiger partial charge < -0.3 is 4.74 Å². The minimum absolute atomic E-state index is 0.0688. The molecule has 0 N–H and O–H groups in total. The lowest BCUT2D eigenvalue weighted by molar-refractivity contribution is -0.128. The molecule has 2 heteroatoms. The van der Waals surface area contributed by atoms with Gasteiger partial charge in [-0.3, -0.25) is 4.79 Å². The van der Waals surface area contributed by atoms with Crippen LogP contribution in [0.2, 0.25) is 0 Å². The predicted octanol–water partition coefficient (Wildman–Crippen LogP) is 3.34. The molecule has 2 unspecified atom stereocenters. The van der Waals surface area contributed by atoms with Gasteiger partial charge in [0.2, 0.25) is 0 Å². The van der Waals surface area contributed by atoms with Crippen molar-refractivity contribution in [1.29, 1.82) is 0 Å². The highest BCUT2D eigenvalue weighted by molar-refractivity contribution is 5.83. The van der Waals surface area contributed by atoms with Crippen molar-refractivity contribution < 1.29 is 9.53 Å². The number of hydrogen-bond acceptors (Lipinski definition) is 2. The van der Waals surface area contributed by atoms with Crippen LogP contribution in [0.4, 0.5) is 0 Å². The van der Waals surface area contributed by atoms with Gasteiger partial charge in [0, 0.05) is 13.0 Å². The molecule has 2 atom stereocenters. The second-order valence-corrected chi connectivity index (χ2v) is 4.59. The third-order valence-corrected chi connectivity index (χ3v) is 3.32. The Morgan fingerprint density at radius 2 is 2.27 bits per heavy atom. The van der Waals surface area contributed by atoms with E-state index in [1.807, 2.05) is 0 Å². The van der Waals surface area contributed by atoms with Gasteiger partial charge in [0.15, 0.2) is 5.78 Å². The molecular weight excluding hydrogens is 188 g/mol. The summed E-state index contributed by atoms with van der Waals surface area (Å²) in [5.41, 5.74) is 0. The molecule has 1 fully saturated rings. The Morgan fingerprint density at radius 3 is 2.80 bits per heavy atom. The van der Waals surface area contributed by atoms with Crippen molar-refractivity contribution in [1.82, 2.24) is 0 Å². The maximum absolute atomic E-state index is 11.9. The fraction of sp³-hybridized carbons (Fsp3) is 0.923. The minimum atomic E-state index is -0.0688. The van der Waals surface area contributed by atoms with Crippen LogP contribution < -0.4 is 0 Å². The second kappa shape index (κ2) is 7.00. The quantitative estimate of drug-likeness (QED) is 0.647. The van der Waals surface area contributed by atoms with Crippen molar-refractivity contribution in [2.45, 2.75) is 64.9 Å².